The first kappa shape index (κ1) is 14.9. The lowest BCUT2D eigenvalue weighted by Gasteiger charge is -2.20. The van der Waals surface area contributed by atoms with Crippen LogP contribution in [0.15, 0.2) is 30.3 Å². The van der Waals surface area contributed by atoms with E-state index in [1.165, 1.54) is 5.56 Å². The van der Waals surface area contributed by atoms with Crippen LogP contribution in [0.25, 0.3) is 0 Å². The normalized spacial score (nSPS) is 12.3. The van der Waals surface area contributed by atoms with Crippen molar-refractivity contribution < 1.29 is 4.74 Å². The number of methoxy groups -OCH3 is 1. The van der Waals surface area contributed by atoms with Gasteiger partial charge in [-0.2, -0.15) is 0 Å². The Balaban J connectivity index is 2.53. The Hall–Kier alpha value is -1.51. The van der Waals surface area contributed by atoms with Crippen LogP contribution in [-0.2, 0) is 0 Å². The minimum atomic E-state index is -0.221. The third kappa shape index (κ3) is 2.67. The molecule has 0 amide bonds. The number of ether oxygens (including phenoxy) is 1. The number of hydrogen-bond donors (Lipinski definition) is 1. The summed E-state index contributed by atoms with van der Waals surface area (Å²) in [4.78, 5) is 0. The minimum absolute atomic E-state index is 0.221. The van der Waals surface area contributed by atoms with E-state index < -0.39 is 0 Å². The van der Waals surface area contributed by atoms with Crippen molar-refractivity contribution in [1.29, 1.82) is 0 Å². The maximum Gasteiger partial charge on any atom is 0.127 e. The lowest BCUT2D eigenvalue weighted by molar-refractivity contribution is 0.404. The van der Waals surface area contributed by atoms with Crippen LogP contribution in [-0.4, -0.2) is 7.11 Å². The highest BCUT2D eigenvalue weighted by Crippen LogP contribution is 2.34. The lowest BCUT2D eigenvalue weighted by atomic mass is 9.92. The molecule has 1 unspecified atom stereocenters. The maximum atomic E-state index is 6.44. The second-order valence-electron chi connectivity index (χ2n) is 5.11. The summed E-state index contributed by atoms with van der Waals surface area (Å²) in [5, 5.41) is 0.727. The van der Waals surface area contributed by atoms with Crippen molar-refractivity contribution in [2.75, 3.05) is 7.11 Å². The van der Waals surface area contributed by atoms with Crippen molar-refractivity contribution in [3.05, 3.63) is 63.2 Å². The Morgan fingerprint density at radius 1 is 1.00 bits per heavy atom. The van der Waals surface area contributed by atoms with Crippen LogP contribution in [0.2, 0.25) is 5.02 Å². The Bertz CT molecular complexity index is 637. The molecule has 0 saturated carbocycles. The fourth-order valence-electron chi connectivity index (χ4n) is 2.48. The summed E-state index contributed by atoms with van der Waals surface area (Å²) in [5.74, 6) is 0.867. The van der Waals surface area contributed by atoms with Crippen molar-refractivity contribution in [1.82, 2.24) is 0 Å². The van der Waals surface area contributed by atoms with Crippen molar-refractivity contribution in [2.24, 2.45) is 5.73 Å². The predicted molar refractivity (Wildman–Crippen MR) is 84.7 cm³/mol. The molecule has 2 rings (SSSR count). The number of hydrogen-bond acceptors (Lipinski definition) is 2. The van der Waals surface area contributed by atoms with E-state index in [2.05, 4.69) is 19.9 Å². The van der Waals surface area contributed by atoms with Gasteiger partial charge >= 0.3 is 0 Å². The van der Waals surface area contributed by atoms with E-state index in [1.807, 2.05) is 31.2 Å². The third-order valence-electron chi connectivity index (χ3n) is 3.81. The third-order valence-corrected chi connectivity index (χ3v) is 4.05. The van der Waals surface area contributed by atoms with Crippen LogP contribution in [0.1, 0.15) is 33.9 Å². The highest BCUT2D eigenvalue weighted by atomic mass is 35.5. The number of benzene rings is 2. The molecule has 0 heterocycles. The summed E-state index contributed by atoms with van der Waals surface area (Å²) in [7, 11) is 1.69. The zero-order valence-corrected chi connectivity index (χ0v) is 13.1. The van der Waals surface area contributed by atoms with Gasteiger partial charge in [-0.1, -0.05) is 29.8 Å². The van der Waals surface area contributed by atoms with Crippen LogP contribution in [0.5, 0.6) is 5.75 Å². The van der Waals surface area contributed by atoms with Gasteiger partial charge in [0.15, 0.2) is 0 Å². The molecule has 0 bridgehead atoms. The molecule has 0 saturated heterocycles. The molecule has 2 nitrogen and oxygen atoms in total. The van der Waals surface area contributed by atoms with Crippen molar-refractivity contribution >= 4 is 11.6 Å². The standard InChI is InChI=1S/C17H20ClNO/c1-10-5-7-15(17(20-4)12(10)3)16(19)14-8-6-13(18)9-11(14)2/h5-9,16H,19H2,1-4H3. The average molecular weight is 290 g/mol. The fraction of sp³-hybridized carbons (Fsp3) is 0.294. The Morgan fingerprint density at radius 2 is 1.65 bits per heavy atom. The molecule has 0 spiro atoms. The number of nitrogens with two attached hydrogens (primary N) is 1. The predicted octanol–water partition coefficient (Wildman–Crippen LogP) is 4.32. The van der Waals surface area contributed by atoms with Gasteiger partial charge in [0.05, 0.1) is 13.2 Å². The summed E-state index contributed by atoms with van der Waals surface area (Å²) in [6.07, 6.45) is 0. The molecule has 0 aromatic heterocycles. The van der Waals surface area contributed by atoms with Gasteiger partial charge in [0, 0.05) is 10.6 Å². The number of rotatable bonds is 3. The summed E-state index contributed by atoms with van der Waals surface area (Å²) in [5.41, 5.74) is 11.9. The fourth-order valence-corrected chi connectivity index (χ4v) is 2.71. The zero-order valence-electron chi connectivity index (χ0n) is 12.3. The monoisotopic (exact) mass is 289 g/mol. The molecule has 0 aliphatic carbocycles. The van der Waals surface area contributed by atoms with Gasteiger partial charge in [-0.05, 0) is 55.2 Å². The Morgan fingerprint density at radius 3 is 2.25 bits per heavy atom. The molecule has 0 aliphatic heterocycles. The second kappa shape index (κ2) is 5.86. The van der Waals surface area contributed by atoms with E-state index in [9.17, 15) is 0 Å². The van der Waals surface area contributed by atoms with Gasteiger partial charge in [-0.15, -0.1) is 0 Å². The van der Waals surface area contributed by atoms with Crippen molar-refractivity contribution in [3.8, 4) is 5.75 Å². The van der Waals surface area contributed by atoms with Crippen LogP contribution in [0.3, 0.4) is 0 Å². The topological polar surface area (TPSA) is 35.2 Å². The molecule has 20 heavy (non-hydrogen) atoms. The smallest absolute Gasteiger partial charge is 0.127 e. The van der Waals surface area contributed by atoms with Gasteiger partial charge in [0.2, 0.25) is 0 Å². The summed E-state index contributed by atoms with van der Waals surface area (Å²) < 4.78 is 5.56. The molecule has 2 aromatic rings. The summed E-state index contributed by atoms with van der Waals surface area (Å²) in [6, 6.07) is 9.69. The molecular weight excluding hydrogens is 270 g/mol. The van der Waals surface area contributed by atoms with Gasteiger partial charge in [-0.25, -0.2) is 0 Å². The van der Waals surface area contributed by atoms with Crippen LogP contribution >= 0.6 is 11.6 Å². The molecule has 0 radical (unpaired) electrons. The Kier molecular flexibility index (Phi) is 4.36. The number of aryl methyl sites for hydroxylation is 2. The van der Waals surface area contributed by atoms with E-state index in [0.717, 1.165) is 33.0 Å². The quantitative estimate of drug-likeness (QED) is 0.913. The van der Waals surface area contributed by atoms with E-state index in [-0.39, 0.29) is 6.04 Å². The van der Waals surface area contributed by atoms with Gasteiger partial charge in [0.1, 0.15) is 5.75 Å². The first-order chi connectivity index (χ1) is 9.45. The first-order valence-electron chi connectivity index (χ1n) is 6.61. The maximum absolute atomic E-state index is 6.44. The molecule has 106 valence electrons. The van der Waals surface area contributed by atoms with E-state index in [1.54, 1.807) is 7.11 Å². The molecule has 2 aromatic carbocycles. The minimum Gasteiger partial charge on any atom is -0.496 e. The van der Waals surface area contributed by atoms with Crippen LogP contribution < -0.4 is 10.5 Å². The highest BCUT2D eigenvalue weighted by molar-refractivity contribution is 6.30. The second-order valence-corrected chi connectivity index (χ2v) is 5.54. The lowest BCUT2D eigenvalue weighted by Crippen LogP contribution is -2.15. The summed E-state index contributed by atoms with van der Waals surface area (Å²) >= 11 is 6.01. The largest absolute Gasteiger partial charge is 0.496 e. The SMILES string of the molecule is COc1c(C(N)c2ccc(Cl)cc2C)ccc(C)c1C. The van der Waals surface area contributed by atoms with Crippen molar-refractivity contribution in [3.63, 3.8) is 0 Å². The first-order valence-corrected chi connectivity index (χ1v) is 6.99. The number of halogens is 1. The molecule has 0 fully saturated rings. The Labute approximate surface area is 125 Å². The van der Waals surface area contributed by atoms with Gasteiger partial charge < -0.3 is 10.5 Å². The van der Waals surface area contributed by atoms with Crippen LogP contribution in [0, 0.1) is 20.8 Å². The van der Waals surface area contributed by atoms with E-state index in [4.69, 9.17) is 22.1 Å². The average Bonchev–Trinajstić information content (AvgIpc) is 2.41. The van der Waals surface area contributed by atoms with E-state index >= 15 is 0 Å². The van der Waals surface area contributed by atoms with E-state index in [0.29, 0.717) is 0 Å². The van der Waals surface area contributed by atoms with Gasteiger partial charge in [0.25, 0.3) is 0 Å². The summed E-state index contributed by atoms with van der Waals surface area (Å²) in [6.45, 7) is 6.15. The highest BCUT2D eigenvalue weighted by Gasteiger charge is 2.18. The molecule has 1 atom stereocenters. The molecule has 0 aliphatic rings. The van der Waals surface area contributed by atoms with Crippen LogP contribution in [0.4, 0.5) is 0 Å². The zero-order chi connectivity index (χ0) is 14.9. The van der Waals surface area contributed by atoms with Crippen molar-refractivity contribution in [2.45, 2.75) is 26.8 Å². The molecule has 3 heteroatoms. The molecule has 2 N–H and O–H groups in total. The molecular formula is C17H20ClNO. The van der Waals surface area contributed by atoms with Gasteiger partial charge in [-0.3, -0.25) is 0 Å².